The molecule has 1 aliphatic carbocycles. The fraction of sp³-hybridized carbons (Fsp3) is 0.345. The SMILES string of the molecule is CC1=CC(F)=CC(NC(=O)C2=N[C@@H](C)c3ccc(-c4cncc(CN5CCC(F)(F)CC5)c4)cc32)=CC1. The molecule has 0 spiro atoms. The number of piperidine rings is 1. The molecule has 1 amide bonds. The smallest absolute Gasteiger partial charge is 0.274 e. The van der Waals surface area contributed by atoms with Crippen LogP contribution in [0.25, 0.3) is 11.1 Å². The Kier molecular flexibility index (Phi) is 6.86. The van der Waals surface area contributed by atoms with Gasteiger partial charge in [-0.05, 0) is 61.2 Å². The summed E-state index contributed by atoms with van der Waals surface area (Å²) in [4.78, 5) is 24.2. The predicted molar refractivity (Wildman–Crippen MR) is 138 cm³/mol. The molecule has 1 N–H and O–H groups in total. The van der Waals surface area contributed by atoms with E-state index in [1.807, 2.05) is 43.0 Å². The van der Waals surface area contributed by atoms with Crippen LogP contribution in [0.1, 0.15) is 55.8 Å². The molecule has 1 aromatic carbocycles. The molecule has 37 heavy (non-hydrogen) atoms. The van der Waals surface area contributed by atoms with Gasteiger partial charge in [0, 0.05) is 61.7 Å². The molecule has 2 aromatic rings. The van der Waals surface area contributed by atoms with Gasteiger partial charge in [-0.3, -0.25) is 19.7 Å². The number of carbonyl (C=O) groups excluding carboxylic acids is 1. The largest absolute Gasteiger partial charge is 0.321 e. The second-order valence-electron chi connectivity index (χ2n) is 10.0. The third-order valence-electron chi connectivity index (χ3n) is 7.00. The number of likely N-dealkylation sites (tertiary alicyclic amines) is 1. The average Bonchev–Trinajstić information content (AvgIpc) is 3.10. The minimum absolute atomic E-state index is 0.122. The van der Waals surface area contributed by atoms with Crippen LogP contribution in [0.15, 0.2) is 77.0 Å². The van der Waals surface area contributed by atoms with Gasteiger partial charge in [-0.15, -0.1) is 0 Å². The van der Waals surface area contributed by atoms with Crippen LogP contribution >= 0.6 is 0 Å². The number of rotatable bonds is 5. The van der Waals surface area contributed by atoms with Crippen LogP contribution in [0.2, 0.25) is 0 Å². The Morgan fingerprint density at radius 2 is 1.92 bits per heavy atom. The molecule has 0 bridgehead atoms. The number of pyridine rings is 1. The maximum absolute atomic E-state index is 14.0. The van der Waals surface area contributed by atoms with Crippen molar-refractivity contribution < 1.29 is 18.0 Å². The van der Waals surface area contributed by atoms with E-state index in [2.05, 4.69) is 15.3 Å². The van der Waals surface area contributed by atoms with Crippen LogP contribution in [-0.2, 0) is 11.3 Å². The molecule has 8 heteroatoms. The van der Waals surface area contributed by atoms with E-state index in [0.717, 1.165) is 33.4 Å². The maximum Gasteiger partial charge on any atom is 0.274 e. The molecule has 2 aliphatic heterocycles. The number of hydrogen-bond acceptors (Lipinski definition) is 4. The summed E-state index contributed by atoms with van der Waals surface area (Å²) >= 11 is 0. The molecule has 192 valence electrons. The van der Waals surface area contributed by atoms with E-state index in [9.17, 15) is 18.0 Å². The van der Waals surface area contributed by atoms with Crippen LogP contribution < -0.4 is 5.32 Å². The molecular formula is C29H29F3N4O. The summed E-state index contributed by atoms with van der Waals surface area (Å²) in [5, 5.41) is 2.80. The highest BCUT2D eigenvalue weighted by molar-refractivity contribution is 6.46. The first kappa shape index (κ1) is 25.1. The Labute approximate surface area is 214 Å². The lowest BCUT2D eigenvalue weighted by Crippen LogP contribution is -2.38. The van der Waals surface area contributed by atoms with Crippen molar-refractivity contribution >= 4 is 11.6 Å². The number of nitrogens with one attached hydrogen (secondary N) is 1. The standard InChI is InChI=1S/C29H29F3N4O/c1-18-3-5-24(14-23(30)11-18)35-28(37)27-26-13-21(4-6-25(26)19(2)34-27)22-12-20(15-33-16-22)17-36-9-7-29(31,32)8-10-36/h4-6,11-16,19H,3,7-10,17H2,1-2H3,(H,35,37)/t19-/m0/s1. The van der Waals surface area contributed by atoms with Gasteiger partial charge in [0.15, 0.2) is 0 Å². The molecule has 0 saturated carbocycles. The number of allylic oxidation sites excluding steroid dienone is 5. The molecule has 5 nitrogen and oxygen atoms in total. The van der Waals surface area contributed by atoms with Crippen molar-refractivity contribution in [3.63, 3.8) is 0 Å². The van der Waals surface area contributed by atoms with Crippen LogP contribution in [-0.4, -0.2) is 40.5 Å². The second kappa shape index (κ2) is 10.1. The van der Waals surface area contributed by atoms with Gasteiger partial charge in [0.1, 0.15) is 11.5 Å². The second-order valence-corrected chi connectivity index (χ2v) is 10.0. The number of aliphatic imine (C=N–C) groups is 1. The van der Waals surface area contributed by atoms with Gasteiger partial charge in [-0.1, -0.05) is 23.8 Å². The van der Waals surface area contributed by atoms with Gasteiger partial charge in [-0.25, -0.2) is 13.2 Å². The number of amides is 1. The van der Waals surface area contributed by atoms with Crippen LogP contribution in [0.4, 0.5) is 13.2 Å². The molecule has 0 radical (unpaired) electrons. The number of carbonyl (C=O) groups is 1. The van der Waals surface area contributed by atoms with Crippen molar-refractivity contribution in [2.75, 3.05) is 13.1 Å². The van der Waals surface area contributed by atoms with Crippen molar-refractivity contribution in [2.45, 2.75) is 51.6 Å². The third-order valence-corrected chi connectivity index (χ3v) is 7.00. The molecular weight excluding hydrogens is 477 g/mol. The Morgan fingerprint density at radius 3 is 2.70 bits per heavy atom. The number of hydrogen-bond donors (Lipinski definition) is 1. The summed E-state index contributed by atoms with van der Waals surface area (Å²) in [5.74, 6) is -3.36. The maximum atomic E-state index is 14.0. The van der Waals surface area contributed by atoms with E-state index in [1.165, 1.54) is 12.2 Å². The Hall–Kier alpha value is -3.52. The summed E-state index contributed by atoms with van der Waals surface area (Å²) in [6, 6.07) is 7.72. The monoisotopic (exact) mass is 506 g/mol. The molecule has 3 heterocycles. The molecule has 1 atom stereocenters. The highest BCUT2D eigenvalue weighted by Gasteiger charge is 2.34. The minimum Gasteiger partial charge on any atom is -0.321 e. The van der Waals surface area contributed by atoms with E-state index in [-0.39, 0.29) is 24.8 Å². The van der Waals surface area contributed by atoms with Crippen molar-refractivity contribution in [1.82, 2.24) is 15.2 Å². The van der Waals surface area contributed by atoms with Gasteiger partial charge in [0.25, 0.3) is 11.8 Å². The Bertz CT molecular complexity index is 1350. The van der Waals surface area contributed by atoms with E-state index in [1.54, 1.807) is 18.5 Å². The quantitative estimate of drug-likeness (QED) is 0.537. The summed E-state index contributed by atoms with van der Waals surface area (Å²) in [6.07, 6.45) is 8.37. The van der Waals surface area contributed by atoms with Crippen LogP contribution in [0, 0.1) is 0 Å². The first-order valence-corrected chi connectivity index (χ1v) is 12.5. The lowest BCUT2D eigenvalue weighted by atomic mass is 9.96. The van der Waals surface area contributed by atoms with Gasteiger partial charge in [-0.2, -0.15) is 0 Å². The van der Waals surface area contributed by atoms with Crippen molar-refractivity contribution in [2.24, 2.45) is 4.99 Å². The average molecular weight is 507 g/mol. The van der Waals surface area contributed by atoms with E-state index >= 15 is 0 Å². The predicted octanol–water partition coefficient (Wildman–Crippen LogP) is 6.05. The Balaban J connectivity index is 1.35. The summed E-state index contributed by atoms with van der Waals surface area (Å²) in [5.41, 5.74) is 5.97. The van der Waals surface area contributed by atoms with Crippen molar-refractivity contribution in [3.05, 3.63) is 88.7 Å². The van der Waals surface area contributed by atoms with Crippen LogP contribution in [0.5, 0.6) is 0 Å². The number of aromatic nitrogens is 1. The number of nitrogens with zero attached hydrogens (tertiary/aromatic N) is 3. The lowest BCUT2D eigenvalue weighted by Gasteiger charge is -2.31. The minimum atomic E-state index is -2.57. The summed E-state index contributed by atoms with van der Waals surface area (Å²) in [6.45, 7) is 5.04. The van der Waals surface area contributed by atoms with E-state index in [0.29, 0.717) is 37.5 Å². The molecule has 0 unspecified atom stereocenters. The Morgan fingerprint density at radius 1 is 1.14 bits per heavy atom. The lowest BCUT2D eigenvalue weighted by molar-refractivity contribution is -0.114. The molecule has 1 saturated heterocycles. The fourth-order valence-corrected chi connectivity index (χ4v) is 4.94. The zero-order chi connectivity index (χ0) is 26.2. The molecule has 5 rings (SSSR count). The van der Waals surface area contributed by atoms with Gasteiger partial charge < -0.3 is 5.32 Å². The highest BCUT2D eigenvalue weighted by atomic mass is 19.3. The van der Waals surface area contributed by atoms with E-state index in [4.69, 9.17) is 0 Å². The van der Waals surface area contributed by atoms with Gasteiger partial charge in [0.2, 0.25) is 0 Å². The normalized spacial score (nSPS) is 21.3. The van der Waals surface area contributed by atoms with Crippen molar-refractivity contribution in [1.29, 1.82) is 0 Å². The van der Waals surface area contributed by atoms with E-state index < -0.39 is 11.7 Å². The first-order valence-electron chi connectivity index (χ1n) is 12.5. The van der Waals surface area contributed by atoms with Gasteiger partial charge >= 0.3 is 0 Å². The number of fused-ring (bicyclic) bond motifs is 1. The summed E-state index contributed by atoms with van der Waals surface area (Å²) < 4.78 is 41.1. The van der Waals surface area contributed by atoms with Gasteiger partial charge in [0.05, 0.1) is 6.04 Å². The first-order chi connectivity index (χ1) is 17.7. The number of benzene rings is 1. The zero-order valence-corrected chi connectivity index (χ0v) is 20.9. The topological polar surface area (TPSA) is 57.6 Å². The highest BCUT2D eigenvalue weighted by Crippen LogP contribution is 2.34. The number of alkyl halides is 2. The molecule has 1 aromatic heterocycles. The van der Waals surface area contributed by atoms with Crippen LogP contribution in [0.3, 0.4) is 0 Å². The van der Waals surface area contributed by atoms with Crippen molar-refractivity contribution in [3.8, 4) is 11.1 Å². The zero-order valence-electron chi connectivity index (χ0n) is 20.9. The third kappa shape index (κ3) is 5.74. The summed E-state index contributed by atoms with van der Waals surface area (Å²) in [7, 11) is 0. The molecule has 3 aliphatic rings. The number of halogens is 3. The fourth-order valence-electron chi connectivity index (χ4n) is 4.94. The molecule has 1 fully saturated rings.